The maximum Gasteiger partial charge on any atom is 0.0630 e. The van der Waals surface area contributed by atoms with Gasteiger partial charge in [0.15, 0.2) is 0 Å². The predicted molar refractivity (Wildman–Crippen MR) is 78.1 cm³/mol. The summed E-state index contributed by atoms with van der Waals surface area (Å²) in [7, 11) is 1.81. The van der Waals surface area contributed by atoms with Crippen molar-refractivity contribution in [1.29, 1.82) is 0 Å². The van der Waals surface area contributed by atoms with Crippen LogP contribution in [0.5, 0.6) is 0 Å². The number of unbranched alkanes of at least 4 members (excludes halogenated alkanes) is 1. The molecule has 18 heavy (non-hydrogen) atoms. The minimum atomic E-state index is 0.186. The number of ether oxygens (including phenoxy) is 1. The van der Waals surface area contributed by atoms with Crippen molar-refractivity contribution in [3.63, 3.8) is 0 Å². The molecule has 1 saturated carbocycles. The van der Waals surface area contributed by atoms with Crippen LogP contribution in [0.4, 0.5) is 0 Å². The summed E-state index contributed by atoms with van der Waals surface area (Å²) in [5, 5.41) is 3.62. The summed E-state index contributed by atoms with van der Waals surface area (Å²) in [6, 6.07) is 1.34. The molecule has 3 heteroatoms. The second-order valence-electron chi connectivity index (χ2n) is 6.56. The first-order valence-corrected chi connectivity index (χ1v) is 7.47. The summed E-state index contributed by atoms with van der Waals surface area (Å²) in [6.45, 7) is 12.0. The third kappa shape index (κ3) is 6.17. The monoisotopic (exact) mass is 256 g/mol. The van der Waals surface area contributed by atoms with Gasteiger partial charge in [0.25, 0.3) is 0 Å². The summed E-state index contributed by atoms with van der Waals surface area (Å²) in [5.74, 6) is 0. The first-order chi connectivity index (χ1) is 8.48. The molecule has 0 saturated heterocycles. The van der Waals surface area contributed by atoms with Crippen molar-refractivity contribution in [3.8, 4) is 0 Å². The van der Waals surface area contributed by atoms with Crippen LogP contribution < -0.4 is 5.32 Å². The maximum atomic E-state index is 5.43. The van der Waals surface area contributed by atoms with Crippen LogP contribution in [0.25, 0.3) is 0 Å². The van der Waals surface area contributed by atoms with Crippen LogP contribution in [-0.2, 0) is 4.74 Å². The molecule has 1 unspecified atom stereocenters. The lowest BCUT2D eigenvalue weighted by Gasteiger charge is -2.34. The Labute approximate surface area is 113 Å². The third-order valence-electron chi connectivity index (χ3n) is 3.48. The van der Waals surface area contributed by atoms with E-state index in [0.717, 1.165) is 19.2 Å². The van der Waals surface area contributed by atoms with Gasteiger partial charge in [-0.05, 0) is 46.6 Å². The number of hydrogen-bond acceptors (Lipinski definition) is 3. The third-order valence-corrected chi connectivity index (χ3v) is 3.48. The predicted octanol–water partition coefficient (Wildman–Crippen LogP) is 2.65. The second-order valence-corrected chi connectivity index (χ2v) is 6.56. The second kappa shape index (κ2) is 7.46. The first kappa shape index (κ1) is 15.9. The van der Waals surface area contributed by atoms with Gasteiger partial charge in [-0.1, -0.05) is 13.3 Å². The van der Waals surface area contributed by atoms with E-state index in [1.165, 1.54) is 32.2 Å². The van der Waals surface area contributed by atoms with E-state index in [0.29, 0.717) is 6.04 Å². The van der Waals surface area contributed by atoms with Crippen molar-refractivity contribution >= 4 is 0 Å². The molecule has 1 fully saturated rings. The van der Waals surface area contributed by atoms with E-state index in [2.05, 4.69) is 37.9 Å². The van der Waals surface area contributed by atoms with Crippen LogP contribution in [0.1, 0.15) is 53.4 Å². The molecular formula is C15H32N2O. The average Bonchev–Trinajstić information content (AvgIpc) is 3.09. The van der Waals surface area contributed by atoms with Gasteiger partial charge in [0.1, 0.15) is 0 Å². The molecule has 108 valence electrons. The zero-order valence-electron chi connectivity index (χ0n) is 13.0. The molecule has 0 aliphatic heterocycles. The van der Waals surface area contributed by atoms with E-state index in [9.17, 15) is 0 Å². The molecule has 0 aromatic carbocycles. The van der Waals surface area contributed by atoms with Gasteiger partial charge in [-0.15, -0.1) is 0 Å². The molecule has 1 N–H and O–H groups in total. The lowest BCUT2D eigenvalue weighted by atomic mass is 10.1. The zero-order chi connectivity index (χ0) is 13.6. The molecule has 0 radical (unpaired) electrons. The Hall–Kier alpha value is -0.120. The molecule has 1 aliphatic rings. The number of hydrogen-bond donors (Lipinski definition) is 1. The van der Waals surface area contributed by atoms with Crippen LogP contribution in [0.3, 0.4) is 0 Å². The fraction of sp³-hybridized carbons (Fsp3) is 1.00. The van der Waals surface area contributed by atoms with E-state index in [4.69, 9.17) is 4.74 Å². The molecule has 0 aromatic rings. The molecule has 0 spiro atoms. The van der Waals surface area contributed by atoms with Gasteiger partial charge in [0.05, 0.1) is 6.61 Å². The standard InChI is InChI=1S/C15H32N2O/c1-6-7-10-17(13-8-9-13)14(12-18-5)11-16-15(2,3)4/h13-14,16H,6-12H2,1-5H3. The molecule has 1 atom stereocenters. The van der Waals surface area contributed by atoms with Crippen molar-refractivity contribution in [1.82, 2.24) is 10.2 Å². The van der Waals surface area contributed by atoms with Crippen molar-refractivity contribution in [3.05, 3.63) is 0 Å². The first-order valence-electron chi connectivity index (χ1n) is 7.47. The van der Waals surface area contributed by atoms with Crippen LogP contribution in [0, 0.1) is 0 Å². The van der Waals surface area contributed by atoms with Crippen molar-refractivity contribution in [2.75, 3.05) is 26.8 Å². The Morgan fingerprint density at radius 3 is 2.44 bits per heavy atom. The summed E-state index contributed by atoms with van der Waals surface area (Å²) >= 11 is 0. The lowest BCUT2D eigenvalue weighted by molar-refractivity contribution is 0.0790. The van der Waals surface area contributed by atoms with E-state index in [-0.39, 0.29) is 5.54 Å². The number of nitrogens with zero attached hydrogens (tertiary/aromatic N) is 1. The van der Waals surface area contributed by atoms with Gasteiger partial charge >= 0.3 is 0 Å². The Bertz CT molecular complexity index is 221. The normalized spacial score (nSPS) is 18.3. The van der Waals surface area contributed by atoms with Crippen LogP contribution >= 0.6 is 0 Å². The number of nitrogens with one attached hydrogen (secondary N) is 1. The largest absolute Gasteiger partial charge is 0.383 e. The Balaban J connectivity index is 2.49. The van der Waals surface area contributed by atoms with E-state index >= 15 is 0 Å². The summed E-state index contributed by atoms with van der Waals surface area (Å²) < 4.78 is 5.43. The Morgan fingerprint density at radius 2 is 2.00 bits per heavy atom. The van der Waals surface area contributed by atoms with E-state index in [1.807, 2.05) is 7.11 Å². The highest BCUT2D eigenvalue weighted by Crippen LogP contribution is 2.29. The van der Waals surface area contributed by atoms with Crippen LogP contribution in [0.2, 0.25) is 0 Å². The molecular weight excluding hydrogens is 224 g/mol. The van der Waals surface area contributed by atoms with Crippen molar-refractivity contribution < 1.29 is 4.74 Å². The Kier molecular flexibility index (Phi) is 6.61. The molecule has 1 rings (SSSR count). The Morgan fingerprint density at radius 1 is 1.33 bits per heavy atom. The smallest absolute Gasteiger partial charge is 0.0630 e. The summed E-state index contributed by atoms with van der Waals surface area (Å²) in [4.78, 5) is 2.67. The molecule has 0 aromatic heterocycles. The van der Waals surface area contributed by atoms with Gasteiger partial charge in [-0.25, -0.2) is 0 Å². The number of methoxy groups -OCH3 is 1. The molecule has 0 bridgehead atoms. The minimum absolute atomic E-state index is 0.186. The highest BCUT2D eigenvalue weighted by atomic mass is 16.5. The van der Waals surface area contributed by atoms with Gasteiger partial charge in [-0.3, -0.25) is 4.90 Å². The summed E-state index contributed by atoms with van der Waals surface area (Å²) in [6.07, 6.45) is 5.32. The van der Waals surface area contributed by atoms with Gasteiger partial charge in [0, 0.05) is 31.3 Å². The van der Waals surface area contributed by atoms with Gasteiger partial charge < -0.3 is 10.1 Å². The minimum Gasteiger partial charge on any atom is -0.383 e. The summed E-state index contributed by atoms with van der Waals surface area (Å²) in [5.41, 5.74) is 0.186. The van der Waals surface area contributed by atoms with E-state index in [1.54, 1.807) is 0 Å². The molecule has 3 nitrogen and oxygen atoms in total. The number of rotatable bonds is 9. The lowest BCUT2D eigenvalue weighted by Crippen LogP contribution is -2.50. The van der Waals surface area contributed by atoms with Crippen LogP contribution in [0.15, 0.2) is 0 Å². The highest BCUT2D eigenvalue weighted by Gasteiger charge is 2.33. The fourth-order valence-corrected chi connectivity index (χ4v) is 2.30. The zero-order valence-corrected chi connectivity index (χ0v) is 13.0. The quantitative estimate of drug-likeness (QED) is 0.686. The van der Waals surface area contributed by atoms with Crippen molar-refractivity contribution in [2.24, 2.45) is 0 Å². The molecule has 0 amide bonds. The fourth-order valence-electron chi connectivity index (χ4n) is 2.30. The van der Waals surface area contributed by atoms with E-state index < -0.39 is 0 Å². The average molecular weight is 256 g/mol. The topological polar surface area (TPSA) is 24.5 Å². The van der Waals surface area contributed by atoms with Gasteiger partial charge in [-0.2, -0.15) is 0 Å². The molecule has 0 heterocycles. The van der Waals surface area contributed by atoms with Crippen LogP contribution in [-0.4, -0.2) is 49.3 Å². The van der Waals surface area contributed by atoms with Crippen molar-refractivity contribution in [2.45, 2.75) is 71.0 Å². The maximum absolute atomic E-state index is 5.43. The highest BCUT2D eigenvalue weighted by molar-refractivity contribution is 4.90. The van der Waals surface area contributed by atoms with Gasteiger partial charge in [0.2, 0.25) is 0 Å². The SMILES string of the molecule is CCCCN(C1CC1)C(CNC(C)(C)C)COC. The molecule has 1 aliphatic carbocycles.